The van der Waals surface area contributed by atoms with Gasteiger partial charge in [-0.2, -0.15) is 11.8 Å². The van der Waals surface area contributed by atoms with E-state index in [2.05, 4.69) is 24.1 Å². The molecule has 2 nitrogen and oxygen atoms in total. The van der Waals surface area contributed by atoms with Crippen LogP contribution in [-0.4, -0.2) is 17.0 Å². The number of unbranched alkanes of at least 4 members (excludes halogenated alkanes) is 4. The Bertz CT molecular complexity index is 170. The minimum Gasteiger partial charge on any atom is -0.271 e. The number of nitrogens with two attached hydrogens (primary N) is 1. The van der Waals surface area contributed by atoms with Crippen LogP contribution in [0.1, 0.15) is 71.1 Å². The highest BCUT2D eigenvalue weighted by molar-refractivity contribution is 7.99. The zero-order chi connectivity index (χ0) is 12.3. The number of rotatable bonds is 10. The summed E-state index contributed by atoms with van der Waals surface area (Å²) in [7, 11) is 0. The van der Waals surface area contributed by atoms with E-state index in [4.69, 9.17) is 5.84 Å². The summed E-state index contributed by atoms with van der Waals surface area (Å²) in [6.45, 7) is 2.27. The number of hydrogen-bond donors (Lipinski definition) is 2. The van der Waals surface area contributed by atoms with Gasteiger partial charge in [0, 0.05) is 17.0 Å². The number of hydrazine groups is 1. The highest BCUT2D eigenvalue weighted by Crippen LogP contribution is 2.30. The second-order valence-electron chi connectivity index (χ2n) is 5.31. The molecule has 0 bridgehead atoms. The summed E-state index contributed by atoms with van der Waals surface area (Å²) in [6.07, 6.45) is 13.8. The molecule has 0 heterocycles. The first kappa shape index (κ1) is 15.3. The van der Waals surface area contributed by atoms with Gasteiger partial charge >= 0.3 is 0 Å². The first-order chi connectivity index (χ1) is 8.36. The first-order valence-electron chi connectivity index (χ1n) is 7.44. The van der Waals surface area contributed by atoms with Gasteiger partial charge in [0.15, 0.2) is 0 Å². The third-order valence-corrected chi connectivity index (χ3v) is 5.26. The summed E-state index contributed by atoms with van der Waals surface area (Å²) in [5.41, 5.74) is 3.00. The van der Waals surface area contributed by atoms with Crippen LogP contribution in [0, 0.1) is 0 Å². The summed E-state index contributed by atoms with van der Waals surface area (Å²) in [6, 6.07) is 0.530. The molecular formula is C14H30N2S. The fourth-order valence-corrected chi connectivity index (χ4v) is 3.95. The predicted molar refractivity (Wildman–Crippen MR) is 79.2 cm³/mol. The van der Waals surface area contributed by atoms with Crippen molar-refractivity contribution < 1.29 is 0 Å². The predicted octanol–water partition coefficient (Wildman–Crippen LogP) is 3.85. The van der Waals surface area contributed by atoms with E-state index in [-0.39, 0.29) is 0 Å². The first-order valence-corrected chi connectivity index (χ1v) is 8.49. The number of thioether (sulfide) groups is 1. The Morgan fingerprint density at radius 1 is 1.18 bits per heavy atom. The van der Waals surface area contributed by atoms with Crippen molar-refractivity contribution in [1.29, 1.82) is 0 Å². The molecule has 3 heteroatoms. The quantitative estimate of drug-likeness (QED) is 0.355. The van der Waals surface area contributed by atoms with Gasteiger partial charge in [-0.1, -0.05) is 51.9 Å². The molecule has 1 aliphatic carbocycles. The molecule has 0 saturated heterocycles. The maximum atomic E-state index is 5.64. The maximum absolute atomic E-state index is 5.64. The van der Waals surface area contributed by atoms with Gasteiger partial charge in [-0.3, -0.25) is 11.3 Å². The molecule has 1 atom stereocenters. The van der Waals surface area contributed by atoms with Gasteiger partial charge in [0.05, 0.1) is 0 Å². The van der Waals surface area contributed by atoms with Gasteiger partial charge in [-0.05, 0) is 19.3 Å². The van der Waals surface area contributed by atoms with Crippen molar-refractivity contribution in [2.24, 2.45) is 5.84 Å². The molecule has 0 aliphatic heterocycles. The number of hydrogen-bond acceptors (Lipinski definition) is 3. The smallest absolute Gasteiger partial charge is 0.0301 e. The lowest BCUT2D eigenvalue weighted by Gasteiger charge is -2.17. The molecule has 1 aliphatic rings. The van der Waals surface area contributed by atoms with Crippen molar-refractivity contribution in [1.82, 2.24) is 5.43 Å². The van der Waals surface area contributed by atoms with Gasteiger partial charge in [0.2, 0.25) is 0 Å². The molecule has 0 amide bonds. The molecular weight excluding hydrogens is 228 g/mol. The molecule has 1 fully saturated rings. The van der Waals surface area contributed by atoms with Gasteiger partial charge < -0.3 is 0 Å². The molecule has 0 spiro atoms. The third-order valence-electron chi connectivity index (χ3n) is 3.73. The topological polar surface area (TPSA) is 38.0 Å². The average molecular weight is 258 g/mol. The lowest BCUT2D eigenvalue weighted by molar-refractivity contribution is 0.496. The van der Waals surface area contributed by atoms with Crippen LogP contribution in [-0.2, 0) is 0 Å². The Hall–Kier alpha value is 0.270. The van der Waals surface area contributed by atoms with E-state index in [1.807, 2.05) is 0 Å². The third kappa shape index (κ3) is 7.32. The summed E-state index contributed by atoms with van der Waals surface area (Å²) >= 11 is 2.14. The van der Waals surface area contributed by atoms with Crippen molar-refractivity contribution in [2.75, 3.05) is 5.75 Å². The van der Waals surface area contributed by atoms with Gasteiger partial charge in [-0.25, -0.2) is 0 Å². The molecule has 1 rings (SSSR count). The second-order valence-corrected chi connectivity index (χ2v) is 6.64. The van der Waals surface area contributed by atoms with Gasteiger partial charge in [0.25, 0.3) is 0 Å². The van der Waals surface area contributed by atoms with Crippen LogP contribution in [0.3, 0.4) is 0 Å². The highest BCUT2D eigenvalue weighted by atomic mass is 32.2. The highest BCUT2D eigenvalue weighted by Gasteiger charge is 2.17. The van der Waals surface area contributed by atoms with E-state index in [1.165, 1.54) is 70.0 Å². The fraction of sp³-hybridized carbons (Fsp3) is 1.00. The van der Waals surface area contributed by atoms with Crippen LogP contribution in [0.2, 0.25) is 0 Å². The minimum absolute atomic E-state index is 0.530. The summed E-state index contributed by atoms with van der Waals surface area (Å²) in [5, 5.41) is 0.922. The van der Waals surface area contributed by atoms with E-state index in [1.54, 1.807) is 0 Å². The summed E-state index contributed by atoms with van der Waals surface area (Å²) in [4.78, 5) is 0. The minimum atomic E-state index is 0.530. The molecule has 1 unspecified atom stereocenters. The summed E-state index contributed by atoms with van der Waals surface area (Å²) < 4.78 is 0. The van der Waals surface area contributed by atoms with Crippen LogP contribution in [0.4, 0.5) is 0 Å². The molecule has 0 aromatic heterocycles. The largest absolute Gasteiger partial charge is 0.271 e. The standard InChI is InChI=1S/C14H30N2S/c1-2-3-4-5-6-9-13(16-15)12-17-14-10-7-8-11-14/h13-14,16H,2-12,15H2,1H3. The molecule has 0 aromatic rings. The zero-order valence-electron chi connectivity index (χ0n) is 11.4. The molecule has 3 N–H and O–H groups in total. The Morgan fingerprint density at radius 2 is 1.88 bits per heavy atom. The zero-order valence-corrected chi connectivity index (χ0v) is 12.2. The molecule has 17 heavy (non-hydrogen) atoms. The van der Waals surface area contributed by atoms with Crippen molar-refractivity contribution in [3.05, 3.63) is 0 Å². The van der Waals surface area contributed by atoms with Crippen LogP contribution in [0.5, 0.6) is 0 Å². The molecule has 102 valence electrons. The van der Waals surface area contributed by atoms with E-state index in [0.29, 0.717) is 6.04 Å². The Balaban J connectivity index is 1.98. The molecule has 0 radical (unpaired) electrons. The van der Waals surface area contributed by atoms with Crippen molar-refractivity contribution in [2.45, 2.75) is 82.4 Å². The van der Waals surface area contributed by atoms with Crippen molar-refractivity contribution >= 4 is 11.8 Å². The SMILES string of the molecule is CCCCCCCC(CSC1CCCC1)NN. The lowest BCUT2D eigenvalue weighted by atomic mass is 10.1. The molecule has 1 saturated carbocycles. The normalized spacial score (nSPS) is 18.7. The van der Waals surface area contributed by atoms with Gasteiger partial charge in [-0.15, -0.1) is 0 Å². The fourth-order valence-electron chi connectivity index (χ4n) is 2.52. The second kappa shape index (κ2) is 10.2. The Labute approximate surface area is 111 Å². The average Bonchev–Trinajstić information content (AvgIpc) is 2.86. The van der Waals surface area contributed by atoms with Gasteiger partial charge in [0.1, 0.15) is 0 Å². The molecule has 0 aromatic carbocycles. The van der Waals surface area contributed by atoms with Crippen LogP contribution in [0.25, 0.3) is 0 Å². The van der Waals surface area contributed by atoms with Crippen molar-refractivity contribution in [3.8, 4) is 0 Å². The lowest BCUT2D eigenvalue weighted by Crippen LogP contribution is -2.37. The van der Waals surface area contributed by atoms with Crippen molar-refractivity contribution in [3.63, 3.8) is 0 Å². The van der Waals surface area contributed by atoms with Crippen LogP contribution < -0.4 is 11.3 Å². The van der Waals surface area contributed by atoms with E-state index < -0.39 is 0 Å². The van der Waals surface area contributed by atoms with Crippen LogP contribution in [0.15, 0.2) is 0 Å². The van der Waals surface area contributed by atoms with E-state index >= 15 is 0 Å². The van der Waals surface area contributed by atoms with Crippen LogP contribution >= 0.6 is 11.8 Å². The Kier molecular flexibility index (Phi) is 9.21. The van der Waals surface area contributed by atoms with E-state index in [9.17, 15) is 0 Å². The number of nitrogens with one attached hydrogen (secondary N) is 1. The Morgan fingerprint density at radius 3 is 2.53 bits per heavy atom. The van der Waals surface area contributed by atoms with E-state index in [0.717, 1.165) is 5.25 Å². The maximum Gasteiger partial charge on any atom is 0.0301 e. The summed E-state index contributed by atoms with van der Waals surface area (Å²) in [5.74, 6) is 6.84. The monoisotopic (exact) mass is 258 g/mol.